The van der Waals surface area contributed by atoms with Crippen LogP contribution in [0.25, 0.3) is 17.1 Å². The van der Waals surface area contributed by atoms with Gasteiger partial charge in [-0.1, -0.05) is 12.1 Å². The molecule has 2 aromatic carbocycles. The highest BCUT2D eigenvalue weighted by molar-refractivity contribution is 7.00. The number of aromatic nitrogens is 2. The summed E-state index contributed by atoms with van der Waals surface area (Å²) in [5, 5.41) is 11.6. The van der Waals surface area contributed by atoms with Crippen molar-refractivity contribution < 1.29 is 14.1 Å². The predicted molar refractivity (Wildman–Crippen MR) is 121 cm³/mol. The van der Waals surface area contributed by atoms with Crippen molar-refractivity contribution in [3.63, 3.8) is 0 Å². The Labute approximate surface area is 188 Å². The minimum atomic E-state index is -0.493. The third kappa shape index (κ3) is 4.51. The second-order valence-corrected chi connectivity index (χ2v) is 8.50. The van der Waals surface area contributed by atoms with Crippen LogP contribution in [0, 0.1) is 15.9 Å². The van der Waals surface area contributed by atoms with Crippen LogP contribution < -0.4 is 0 Å². The molecular formula is C22H22FN5O3S. The van der Waals surface area contributed by atoms with E-state index in [4.69, 9.17) is 0 Å². The molecule has 1 aliphatic rings. The molecule has 0 unspecified atom stereocenters. The monoisotopic (exact) mass is 455 g/mol. The molecule has 0 radical (unpaired) electrons. The highest BCUT2D eigenvalue weighted by Gasteiger charge is 2.31. The van der Waals surface area contributed by atoms with Gasteiger partial charge in [-0.3, -0.25) is 19.8 Å². The molecule has 2 atom stereocenters. The number of benzene rings is 2. The van der Waals surface area contributed by atoms with E-state index in [1.54, 1.807) is 29.2 Å². The smallest absolute Gasteiger partial charge is 0.305 e. The van der Waals surface area contributed by atoms with Crippen molar-refractivity contribution >= 4 is 40.4 Å². The lowest BCUT2D eigenvalue weighted by Gasteiger charge is -2.43. The Morgan fingerprint density at radius 3 is 2.66 bits per heavy atom. The molecule has 2 heterocycles. The third-order valence-corrected chi connectivity index (χ3v) is 6.26. The van der Waals surface area contributed by atoms with Crippen LogP contribution in [0.3, 0.4) is 0 Å². The number of carbonyl (C=O) groups is 1. The minimum absolute atomic E-state index is 0.0380. The molecule has 1 amide bonds. The number of carbonyl (C=O) groups excluding carboxylic acids is 1. The van der Waals surface area contributed by atoms with Crippen molar-refractivity contribution in [2.45, 2.75) is 32.5 Å². The lowest BCUT2D eigenvalue weighted by atomic mass is 10.1. The molecule has 1 aromatic heterocycles. The zero-order valence-corrected chi connectivity index (χ0v) is 18.5. The van der Waals surface area contributed by atoms with Crippen molar-refractivity contribution in [1.29, 1.82) is 0 Å². The van der Waals surface area contributed by atoms with Crippen molar-refractivity contribution in [2.75, 3.05) is 13.1 Å². The normalized spacial score (nSPS) is 19.7. The fraction of sp³-hybridized carbons (Fsp3) is 0.318. The van der Waals surface area contributed by atoms with Crippen molar-refractivity contribution in [2.24, 2.45) is 0 Å². The van der Waals surface area contributed by atoms with E-state index >= 15 is 0 Å². The van der Waals surface area contributed by atoms with E-state index in [9.17, 15) is 19.3 Å². The van der Waals surface area contributed by atoms with Crippen LogP contribution in [0.15, 0.2) is 42.5 Å². The van der Waals surface area contributed by atoms with E-state index in [1.165, 1.54) is 24.3 Å². The molecule has 4 rings (SSSR count). The van der Waals surface area contributed by atoms with Crippen LogP contribution in [0.4, 0.5) is 10.1 Å². The number of rotatable bonds is 5. The van der Waals surface area contributed by atoms with Crippen LogP contribution in [0.1, 0.15) is 25.0 Å². The van der Waals surface area contributed by atoms with Gasteiger partial charge in [0.05, 0.1) is 22.2 Å². The van der Waals surface area contributed by atoms with E-state index < -0.39 is 4.92 Å². The largest absolute Gasteiger partial charge is 0.334 e. The fourth-order valence-electron chi connectivity index (χ4n) is 3.99. The Kier molecular flexibility index (Phi) is 6.24. The molecular weight excluding hydrogens is 433 g/mol. The van der Waals surface area contributed by atoms with Crippen LogP contribution >= 0.6 is 11.7 Å². The molecule has 0 saturated carbocycles. The van der Waals surface area contributed by atoms with Gasteiger partial charge in [0.15, 0.2) is 5.52 Å². The van der Waals surface area contributed by atoms with Gasteiger partial charge in [-0.2, -0.15) is 8.75 Å². The molecule has 0 aliphatic carbocycles. The number of fused-ring (bicyclic) bond motifs is 1. The molecule has 3 aromatic rings. The maximum absolute atomic E-state index is 13.2. The number of nitro benzene ring substituents is 1. The molecule has 166 valence electrons. The van der Waals surface area contributed by atoms with Gasteiger partial charge >= 0.3 is 5.69 Å². The first-order valence-electron chi connectivity index (χ1n) is 10.2. The molecule has 8 nitrogen and oxygen atoms in total. The Morgan fingerprint density at radius 2 is 1.94 bits per heavy atom. The van der Waals surface area contributed by atoms with Gasteiger partial charge in [-0.05, 0) is 49.8 Å². The van der Waals surface area contributed by atoms with Gasteiger partial charge in [0.25, 0.3) is 0 Å². The van der Waals surface area contributed by atoms with Gasteiger partial charge in [-0.25, -0.2) is 4.39 Å². The summed E-state index contributed by atoms with van der Waals surface area (Å²) >= 11 is 0.915. The first kappa shape index (κ1) is 22.0. The zero-order chi connectivity index (χ0) is 22.8. The standard InChI is InChI=1S/C22H22FN5O3S/c1-14-12-27(15(2)11-26(14)13-16-3-7-18(23)8-4-16)20(29)10-6-17-5-9-19-21(25-32-24-19)22(17)28(30)31/h3-10,14-15H,11-13H2,1-2H3/t14-,15+/m0/s1. The number of amides is 1. The fourth-order valence-corrected chi connectivity index (χ4v) is 4.52. The SMILES string of the molecule is C[C@@H]1CN(Cc2ccc(F)cc2)[C@@H](C)CN1C(=O)C=Cc1ccc2nsnc2c1[N+](=O)[O-]. The summed E-state index contributed by atoms with van der Waals surface area (Å²) in [6.45, 7) is 5.91. The average Bonchev–Trinajstić information content (AvgIpc) is 3.24. The number of nitrogens with zero attached hydrogens (tertiary/aromatic N) is 5. The van der Waals surface area contributed by atoms with Crippen molar-refractivity contribution in [1.82, 2.24) is 18.5 Å². The van der Waals surface area contributed by atoms with E-state index in [1.807, 2.05) is 13.8 Å². The summed E-state index contributed by atoms with van der Waals surface area (Å²) in [6.07, 6.45) is 2.86. The Hall–Kier alpha value is -3.24. The number of halogens is 1. The van der Waals surface area contributed by atoms with E-state index in [0.29, 0.717) is 30.7 Å². The molecule has 1 saturated heterocycles. The van der Waals surface area contributed by atoms with Crippen LogP contribution in [0.2, 0.25) is 0 Å². The topological polar surface area (TPSA) is 92.5 Å². The first-order valence-corrected chi connectivity index (χ1v) is 10.9. The summed E-state index contributed by atoms with van der Waals surface area (Å²) in [5.41, 5.74) is 1.88. The van der Waals surface area contributed by atoms with Gasteiger partial charge < -0.3 is 4.90 Å². The van der Waals surface area contributed by atoms with Crippen LogP contribution in [-0.2, 0) is 11.3 Å². The summed E-state index contributed by atoms with van der Waals surface area (Å²) in [5.74, 6) is -0.459. The van der Waals surface area contributed by atoms with Gasteiger partial charge in [0.1, 0.15) is 11.3 Å². The molecule has 0 spiro atoms. The van der Waals surface area contributed by atoms with Crippen molar-refractivity contribution in [3.05, 3.63) is 69.5 Å². The van der Waals surface area contributed by atoms with Crippen molar-refractivity contribution in [3.8, 4) is 0 Å². The highest BCUT2D eigenvalue weighted by Crippen LogP contribution is 2.29. The Balaban J connectivity index is 1.47. The maximum atomic E-state index is 13.2. The lowest BCUT2D eigenvalue weighted by Crippen LogP contribution is -2.57. The summed E-state index contributed by atoms with van der Waals surface area (Å²) in [4.78, 5) is 28.0. The highest BCUT2D eigenvalue weighted by atomic mass is 32.1. The van der Waals surface area contributed by atoms with Gasteiger partial charge in [0, 0.05) is 37.8 Å². The average molecular weight is 456 g/mol. The van der Waals surface area contributed by atoms with Gasteiger partial charge in [-0.15, -0.1) is 0 Å². The molecule has 32 heavy (non-hydrogen) atoms. The second kappa shape index (κ2) is 9.09. The molecule has 1 fully saturated rings. The quantitative estimate of drug-likeness (QED) is 0.329. The van der Waals surface area contributed by atoms with Gasteiger partial charge in [0.2, 0.25) is 5.91 Å². The molecule has 0 N–H and O–H groups in total. The zero-order valence-electron chi connectivity index (χ0n) is 17.6. The van der Waals surface area contributed by atoms with E-state index in [2.05, 4.69) is 13.6 Å². The maximum Gasteiger partial charge on any atom is 0.305 e. The molecule has 0 bridgehead atoms. The second-order valence-electron chi connectivity index (χ2n) is 7.97. The summed E-state index contributed by atoms with van der Waals surface area (Å²) in [7, 11) is 0. The predicted octanol–water partition coefficient (Wildman–Crippen LogP) is 3.87. The van der Waals surface area contributed by atoms with E-state index in [0.717, 1.165) is 17.3 Å². The minimum Gasteiger partial charge on any atom is -0.334 e. The lowest BCUT2D eigenvalue weighted by molar-refractivity contribution is -0.383. The summed E-state index contributed by atoms with van der Waals surface area (Å²) in [6, 6.07) is 9.76. The first-order chi connectivity index (χ1) is 15.3. The third-order valence-electron chi connectivity index (χ3n) is 5.72. The number of hydrogen-bond donors (Lipinski definition) is 0. The Morgan fingerprint density at radius 1 is 1.19 bits per heavy atom. The Bertz CT molecular complexity index is 1180. The number of nitro groups is 1. The number of piperazine rings is 1. The molecule has 10 heteroatoms. The van der Waals surface area contributed by atoms with Crippen LogP contribution in [0.5, 0.6) is 0 Å². The van der Waals surface area contributed by atoms with Crippen LogP contribution in [-0.4, -0.2) is 54.6 Å². The molecule has 1 aliphatic heterocycles. The van der Waals surface area contributed by atoms with E-state index in [-0.39, 0.29) is 35.0 Å². The summed E-state index contributed by atoms with van der Waals surface area (Å²) < 4.78 is 21.2. The number of hydrogen-bond acceptors (Lipinski definition) is 7.